The topological polar surface area (TPSA) is 21.3 Å². The number of hydrogen-bond donors (Lipinski definition) is 1. The molecule has 1 unspecified atom stereocenters. The van der Waals surface area contributed by atoms with Crippen LogP contribution in [0.3, 0.4) is 0 Å². The van der Waals surface area contributed by atoms with Gasteiger partial charge in [-0.2, -0.15) is 4.39 Å². The second-order valence-electron chi connectivity index (χ2n) is 3.81. The van der Waals surface area contributed by atoms with Crippen LogP contribution < -0.4 is 10.1 Å². The molecule has 96 valence electrons. The molecule has 0 saturated carbocycles. The first kappa shape index (κ1) is 14.4. The van der Waals surface area contributed by atoms with Crippen molar-refractivity contribution in [1.29, 1.82) is 0 Å². The van der Waals surface area contributed by atoms with Crippen molar-refractivity contribution in [3.8, 4) is 5.75 Å². The third-order valence-corrected chi connectivity index (χ3v) is 2.88. The molecular weight excluding hydrogens is 292 g/mol. The Balaban J connectivity index is 2.47. The molecule has 0 aromatic heterocycles. The SMILES string of the molecule is CCC(C)NCCOc1cc(Br)cc(F)c1F. The van der Waals surface area contributed by atoms with Crippen molar-refractivity contribution in [3.63, 3.8) is 0 Å². The predicted octanol–water partition coefficient (Wildman–Crippen LogP) is 3.49. The maximum atomic E-state index is 13.3. The lowest BCUT2D eigenvalue weighted by Gasteiger charge is -2.12. The van der Waals surface area contributed by atoms with E-state index in [0.29, 0.717) is 23.7 Å². The molecule has 0 heterocycles. The number of hydrogen-bond acceptors (Lipinski definition) is 2. The molecule has 1 N–H and O–H groups in total. The Bertz CT molecular complexity index is 374. The first-order chi connectivity index (χ1) is 8.04. The van der Waals surface area contributed by atoms with Crippen LogP contribution in [0, 0.1) is 11.6 Å². The summed E-state index contributed by atoms with van der Waals surface area (Å²) in [7, 11) is 0. The molecule has 0 saturated heterocycles. The van der Waals surface area contributed by atoms with Crippen molar-refractivity contribution in [3.05, 3.63) is 28.2 Å². The Kier molecular flexibility index (Phi) is 5.85. The Hall–Kier alpha value is -0.680. The van der Waals surface area contributed by atoms with Gasteiger partial charge in [0.05, 0.1) is 0 Å². The van der Waals surface area contributed by atoms with Gasteiger partial charge in [-0.25, -0.2) is 4.39 Å². The Morgan fingerprint density at radius 2 is 2.12 bits per heavy atom. The van der Waals surface area contributed by atoms with Crippen LogP contribution in [0.25, 0.3) is 0 Å². The number of ether oxygens (including phenoxy) is 1. The van der Waals surface area contributed by atoms with Gasteiger partial charge < -0.3 is 10.1 Å². The van der Waals surface area contributed by atoms with E-state index in [1.54, 1.807) is 0 Å². The monoisotopic (exact) mass is 307 g/mol. The smallest absolute Gasteiger partial charge is 0.200 e. The summed E-state index contributed by atoms with van der Waals surface area (Å²) in [6.45, 7) is 5.03. The third-order valence-electron chi connectivity index (χ3n) is 2.42. The van der Waals surface area contributed by atoms with Crippen LogP contribution in [0.15, 0.2) is 16.6 Å². The van der Waals surface area contributed by atoms with Crippen LogP contribution in [0.1, 0.15) is 20.3 Å². The van der Waals surface area contributed by atoms with Gasteiger partial charge >= 0.3 is 0 Å². The molecule has 0 amide bonds. The molecule has 0 fully saturated rings. The van der Waals surface area contributed by atoms with E-state index in [1.165, 1.54) is 6.07 Å². The zero-order valence-electron chi connectivity index (χ0n) is 9.90. The van der Waals surface area contributed by atoms with E-state index in [2.05, 4.69) is 35.1 Å². The van der Waals surface area contributed by atoms with Crippen LogP contribution in [0.5, 0.6) is 5.75 Å². The van der Waals surface area contributed by atoms with Crippen molar-refractivity contribution in [2.75, 3.05) is 13.2 Å². The predicted molar refractivity (Wildman–Crippen MR) is 67.3 cm³/mol. The van der Waals surface area contributed by atoms with Gasteiger partial charge in [0.2, 0.25) is 5.82 Å². The fourth-order valence-corrected chi connectivity index (χ4v) is 1.66. The number of rotatable bonds is 6. The Morgan fingerprint density at radius 1 is 1.41 bits per heavy atom. The maximum absolute atomic E-state index is 13.3. The highest BCUT2D eigenvalue weighted by atomic mass is 79.9. The molecule has 5 heteroatoms. The van der Waals surface area contributed by atoms with Crippen molar-refractivity contribution >= 4 is 15.9 Å². The Labute approximate surface area is 108 Å². The standard InChI is InChI=1S/C12H16BrF2NO/c1-3-8(2)16-4-5-17-11-7-9(13)6-10(14)12(11)15/h6-8,16H,3-5H2,1-2H3. The highest BCUT2D eigenvalue weighted by molar-refractivity contribution is 9.10. The highest BCUT2D eigenvalue weighted by Gasteiger charge is 2.11. The molecular formula is C12H16BrF2NO. The summed E-state index contributed by atoms with van der Waals surface area (Å²) < 4.78 is 32.0. The molecule has 17 heavy (non-hydrogen) atoms. The summed E-state index contributed by atoms with van der Waals surface area (Å²) in [4.78, 5) is 0. The summed E-state index contributed by atoms with van der Waals surface area (Å²) in [5, 5.41) is 3.20. The second-order valence-corrected chi connectivity index (χ2v) is 4.73. The lowest BCUT2D eigenvalue weighted by molar-refractivity contribution is 0.287. The normalized spacial score (nSPS) is 12.5. The summed E-state index contributed by atoms with van der Waals surface area (Å²) in [6, 6.07) is 2.88. The lowest BCUT2D eigenvalue weighted by Crippen LogP contribution is -2.29. The minimum absolute atomic E-state index is 0.0668. The summed E-state index contributed by atoms with van der Waals surface area (Å²) in [5.41, 5.74) is 0. The van der Waals surface area contributed by atoms with E-state index in [9.17, 15) is 8.78 Å². The van der Waals surface area contributed by atoms with E-state index < -0.39 is 11.6 Å². The highest BCUT2D eigenvalue weighted by Crippen LogP contribution is 2.25. The van der Waals surface area contributed by atoms with Crippen molar-refractivity contribution in [2.24, 2.45) is 0 Å². The zero-order chi connectivity index (χ0) is 12.8. The molecule has 1 atom stereocenters. The molecule has 0 aliphatic carbocycles. The number of benzene rings is 1. The number of halogens is 3. The van der Waals surface area contributed by atoms with Gasteiger partial charge in [-0.15, -0.1) is 0 Å². The van der Waals surface area contributed by atoms with Crippen LogP contribution in [0.4, 0.5) is 8.78 Å². The van der Waals surface area contributed by atoms with Crippen LogP contribution in [-0.2, 0) is 0 Å². The largest absolute Gasteiger partial charge is 0.489 e. The van der Waals surface area contributed by atoms with E-state index in [-0.39, 0.29) is 5.75 Å². The molecule has 1 rings (SSSR count). The first-order valence-electron chi connectivity index (χ1n) is 5.55. The molecule has 0 aliphatic rings. The van der Waals surface area contributed by atoms with Gasteiger partial charge in [0.15, 0.2) is 11.6 Å². The number of nitrogens with one attached hydrogen (secondary N) is 1. The van der Waals surface area contributed by atoms with Crippen LogP contribution >= 0.6 is 15.9 Å². The van der Waals surface area contributed by atoms with Gasteiger partial charge in [-0.05, 0) is 25.5 Å². The van der Waals surface area contributed by atoms with Crippen molar-refractivity contribution in [2.45, 2.75) is 26.3 Å². The summed E-state index contributed by atoms with van der Waals surface area (Å²) in [5.74, 6) is -1.93. The minimum atomic E-state index is -0.947. The zero-order valence-corrected chi connectivity index (χ0v) is 11.5. The quantitative estimate of drug-likeness (QED) is 0.641. The molecule has 1 aromatic rings. The maximum Gasteiger partial charge on any atom is 0.200 e. The van der Waals surface area contributed by atoms with E-state index in [0.717, 1.165) is 12.5 Å². The molecule has 0 aliphatic heterocycles. The molecule has 0 radical (unpaired) electrons. The lowest BCUT2D eigenvalue weighted by atomic mass is 10.3. The van der Waals surface area contributed by atoms with Crippen molar-refractivity contribution in [1.82, 2.24) is 5.32 Å². The van der Waals surface area contributed by atoms with E-state index in [4.69, 9.17) is 4.74 Å². The molecule has 1 aromatic carbocycles. The first-order valence-corrected chi connectivity index (χ1v) is 6.34. The van der Waals surface area contributed by atoms with Gasteiger partial charge in [0.1, 0.15) is 6.61 Å². The third kappa shape index (κ3) is 4.60. The van der Waals surface area contributed by atoms with Gasteiger partial charge in [0, 0.05) is 17.1 Å². The fraction of sp³-hybridized carbons (Fsp3) is 0.500. The second kappa shape index (κ2) is 6.91. The molecule has 0 bridgehead atoms. The average molecular weight is 308 g/mol. The van der Waals surface area contributed by atoms with Crippen LogP contribution in [-0.4, -0.2) is 19.2 Å². The van der Waals surface area contributed by atoms with Gasteiger partial charge in [-0.1, -0.05) is 22.9 Å². The summed E-state index contributed by atoms with van der Waals surface area (Å²) >= 11 is 3.09. The van der Waals surface area contributed by atoms with E-state index in [1.807, 2.05) is 0 Å². The molecule has 2 nitrogen and oxygen atoms in total. The minimum Gasteiger partial charge on any atom is -0.489 e. The summed E-state index contributed by atoms with van der Waals surface area (Å²) in [6.07, 6.45) is 1.01. The van der Waals surface area contributed by atoms with E-state index >= 15 is 0 Å². The average Bonchev–Trinajstić information content (AvgIpc) is 2.30. The molecule has 0 spiro atoms. The fourth-order valence-electron chi connectivity index (χ4n) is 1.25. The Morgan fingerprint density at radius 3 is 2.76 bits per heavy atom. The van der Waals surface area contributed by atoms with Crippen LogP contribution in [0.2, 0.25) is 0 Å². The van der Waals surface area contributed by atoms with Gasteiger partial charge in [0.25, 0.3) is 0 Å². The van der Waals surface area contributed by atoms with Crippen molar-refractivity contribution < 1.29 is 13.5 Å². The van der Waals surface area contributed by atoms with Gasteiger partial charge in [-0.3, -0.25) is 0 Å².